The van der Waals surface area contributed by atoms with Crippen molar-refractivity contribution in [2.45, 2.75) is 38.8 Å². The number of carbonyl (C=O) groups excluding carboxylic acids is 2. The summed E-state index contributed by atoms with van der Waals surface area (Å²) in [4.78, 5) is 33.9. The van der Waals surface area contributed by atoms with Gasteiger partial charge in [-0.1, -0.05) is 51.8 Å². The monoisotopic (exact) mass is 509 g/mol. The summed E-state index contributed by atoms with van der Waals surface area (Å²) in [6.07, 6.45) is 1.97. The molecule has 0 bridgehead atoms. The SMILES string of the molecule is Cc1cccc(-c2sc(C)nc2C(=O)N2C(CNC(=O)c3cccc(Br)c3)CC3C[C@@H]32)c1. The van der Waals surface area contributed by atoms with Gasteiger partial charge in [0.15, 0.2) is 0 Å². The molecule has 1 aromatic heterocycles. The number of benzene rings is 2. The van der Waals surface area contributed by atoms with E-state index >= 15 is 0 Å². The van der Waals surface area contributed by atoms with Crippen LogP contribution in [0.1, 0.15) is 44.3 Å². The predicted octanol–water partition coefficient (Wildman–Crippen LogP) is 5.22. The van der Waals surface area contributed by atoms with Crippen LogP contribution in [0.3, 0.4) is 0 Å². The molecule has 3 atom stereocenters. The molecule has 7 heteroatoms. The van der Waals surface area contributed by atoms with Gasteiger partial charge < -0.3 is 10.2 Å². The largest absolute Gasteiger partial charge is 0.350 e. The molecular weight excluding hydrogens is 486 g/mol. The van der Waals surface area contributed by atoms with Gasteiger partial charge in [0.2, 0.25) is 0 Å². The fourth-order valence-electron chi connectivity index (χ4n) is 4.68. The zero-order valence-electron chi connectivity index (χ0n) is 18.0. The van der Waals surface area contributed by atoms with Crippen LogP contribution in [0.2, 0.25) is 0 Å². The second kappa shape index (κ2) is 8.45. The summed E-state index contributed by atoms with van der Waals surface area (Å²) < 4.78 is 0.867. The summed E-state index contributed by atoms with van der Waals surface area (Å²) >= 11 is 4.97. The predicted molar refractivity (Wildman–Crippen MR) is 130 cm³/mol. The van der Waals surface area contributed by atoms with Crippen LogP contribution in [0.15, 0.2) is 53.0 Å². The number of nitrogens with zero attached hydrogens (tertiary/aromatic N) is 2. The van der Waals surface area contributed by atoms with E-state index in [2.05, 4.69) is 45.3 Å². The number of halogens is 1. The van der Waals surface area contributed by atoms with Gasteiger partial charge in [-0.2, -0.15) is 0 Å². The molecule has 5 nitrogen and oxygen atoms in total. The molecule has 32 heavy (non-hydrogen) atoms. The number of likely N-dealkylation sites (tertiary alicyclic amines) is 1. The molecule has 1 aliphatic heterocycles. The number of amides is 2. The van der Waals surface area contributed by atoms with Crippen molar-refractivity contribution in [3.8, 4) is 10.4 Å². The van der Waals surface area contributed by atoms with Gasteiger partial charge in [-0.3, -0.25) is 9.59 Å². The highest BCUT2D eigenvalue weighted by Gasteiger charge is 2.54. The number of aromatic nitrogens is 1. The Morgan fingerprint density at radius 1 is 1.16 bits per heavy atom. The molecule has 2 aliphatic rings. The Labute approximate surface area is 200 Å². The molecular formula is C25H24BrN3O2S. The van der Waals surface area contributed by atoms with Crippen molar-refractivity contribution < 1.29 is 9.59 Å². The van der Waals surface area contributed by atoms with Crippen molar-refractivity contribution in [3.05, 3.63) is 74.8 Å². The maximum absolute atomic E-state index is 13.7. The number of thiazole rings is 1. The van der Waals surface area contributed by atoms with Crippen LogP contribution < -0.4 is 5.32 Å². The standard InChI is InChI=1S/C25H24BrN3O2S/c1-14-5-3-6-16(9-14)23-22(28-15(2)32-23)25(31)29-20(11-18-12-21(18)29)13-27-24(30)17-7-4-8-19(26)10-17/h3-10,18,20-21H,11-13H2,1-2H3,(H,27,30)/t18?,20?,21-/m0/s1. The van der Waals surface area contributed by atoms with Crippen molar-refractivity contribution in [1.29, 1.82) is 0 Å². The fraction of sp³-hybridized carbons (Fsp3) is 0.320. The summed E-state index contributed by atoms with van der Waals surface area (Å²) in [6, 6.07) is 15.8. The molecule has 1 aliphatic carbocycles. The van der Waals surface area contributed by atoms with E-state index in [1.54, 1.807) is 23.5 Å². The summed E-state index contributed by atoms with van der Waals surface area (Å²) in [7, 11) is 0. The molecule has 1 saturated carbocycles. The number of hydrogen-bond acceptors (Lipinski definition) is 4. The van der Waals surface area contributed by atoms with Gasteiger partial charge in [0.25, 0.3) is 11.8 Å². The van der Waals surface area contributed by atoms with Crippen LogP contribution in [-0.4, -0.2) is 40.3 Å². The minimum atomic E-state index is -0.121. The number of piperidine rings is 1. The molecule has 2 aromatic carbocycles. The van der Waals surface area contributed by atoms with Crippen LogP contribution in [0.4, 0.5) is 0 Å². The second-order valence-corrected chi connectivity index (χ2v) is 10.8. The van der Waals surface area contributed by atoms with Crippen LogP contribution in [0.25, 0.3) is 10.4 Å². The van der Waals surface area contributed by atoms with Crippen molar-refractivity contribution >= 4 is 39.1 Å². The number of fused-ring (bicyclic) bond motifs is 1. The van der Waals surface area contributed by atoms with E-state index in [4.69, 9.17) is 0 Å². The van der Waals surface area contributed by atoms with E-state index in [1.165, 1.54) is 0 Å². The maximum Gasteiger partial charge on any atom is 0.274 e. The van der Waals surface area contributed by atoms with Crippen molar-refractivity contribution in [2.24, 2.45) is 5.92 Å². The average molecular weight is 510 g/mol. The van der Waals surface area contributed by atoms with Gasteiger partial charge in [0.1, 0.15) is 5.69 Å². The first-order valence-corrected chi connectivity index (χ1v) is 12.4. The van der Waals surface area contributed by atoms with E-state index in [1.807, 2.05) is 36.1 Å². The molecule has 2 fully saturated rings. The van der Waals surface area contributed by atoms with Gasteiger partial charge in [-0.05, 0) is 56.4 Å². The molecule has 5 rings (SSSR count). The summed E-state index contributed by atoms with van der Waals surface area (Å²) in [6.45, 7) is 4.45. The zero-order valence-corrected chi connectivity index (χ0v) is 20.4. The third kappa shape index (κ3) is 4.11. The van der Waals surface area contributed by atoms with Crippen molar-refractivity contribution in [3.63, 3.8) is 0 Å². The Morgan fingerprint density at radius 3 is 2.75 bits per heavy atom. The molecule has 0 radical (unpaired) electrons. The first kappa shape index (κ1) is 21.3. The topological polar surface area (TPSA) is 62.3 Å². The molecule has 1 saturated heterocycles. The quantitative estimate of drug-likeness (QED) is 0.512. The van der Waals surface area contributed by atoms with Crippen LogP contribution >= 0.6 is 27.3 Å². The van der Waals surface area contributed by atoms with E-state index in [9.17, 15) is 9.59 Å². The van der Waals surface area contributed by atoms with Crippen LogP contribution in [0, 0.1) is 19.8 Å². The first-order chi connectivity index (χ1) is 15.4. The Bertz CT molecular complexity index is 1210. The van der Waals surface area contributed by atoms with Crippen LogP contribution in [0.5, 0.6) is 0 Å². The van der Waals surface area contributed by atoms with Gasteiger partial charge in [-0.25, -0.2) is 4.98 Å². The number of nitrogens with one attached hydrogen (secondary N) is 1. The Morgan fingerprint density at radius 2 is 1.97 bits per heavy atom. The van der Waals surface area contributed by atoms with E-state index < -0.39 is 0 Å². The van der Waals surface area contributed by atoms with Gasteiger partial charge in [0.05, 0.1) is 15.9 Å². The molecule has 2 amide bonds. The third-order valence-electron chi connectivity index (χ3n) is 6.25. The van der Waals surface area contributed by atoms with Gasteiger partial charge in [-0.15, -0.1) is 11.3 Å². The Hall–Kier alpha value is -2.51. The van der Waals surface area contributed by atoms with E-state index in [0.29, 0.717) is 23.7 Å². The first-order valence-electron chi connectivity index (χ1n) is 10.8. The normalized spacial score (nSPS) is 21.3. The molecule has 1 N–H and O–H groups in total. The van der Waals surface area contributed by atoms with Crippen molar-refractivity contribution in [1.82, 2.24) is 15.2 Å². The number of rotatable bonds is 5. The van der Waals surface area contributed by atoms with Gasteiger partial charge >= 0.3 is 0 Å². The summed E-state index contributed by atoms with van der Waals surface area (Å²) in [5, 5.41) is 3.92. The smallest absolute Gasteiger partial charge is 0.274 e. The average Bonchev–Trinajstić information content (AvgIpc) is 3.26. The lowest BCUT2D eigenvalue weighted by molar-refractivity contribution is 0.0684. The molecule has 0 spiro atoms. The lowest BCUT2D eigenvalue weighted by Crippen LogP contribution is -2.45. The Kier molecular flexibility index (Phi) is 5.63. The highest BCUT2D eigenvalue weighted by Crippen LogP contribution is 2.48. The maximum atomic E-state index is 13.7. The Balaban J connectivity index is 1.36. The second-order valence-electron chi connectivity index (χ2n) is 8.67. The van der Waals surface area contributed by atoms with E-state index in [0.717, 1.165) is 38.3 Å². The number of carbonyl (C=O) groups is 2. The highest BCUT2D eigenvalue weighted by molar-refractivity contribution is 9.10. The minimum Gasteiger partial charge on any atom is -0.350 e. The molecule has 2 unspecified atom stereocenters. The van der Waals surface area contributed by atoms with E-state index in [-0.39, 0.29) is 23.9 Å². The lowest BCUT2D eigenvalue weighted by Gasteiger charge is -2.27. The molecule has 164 valence electrons. The lowest BCUT2D eigenvalue weighted by atomic mass is 10.1. The van der Waals surface area contributed by atoms with Crippen molar-refractivity contribution in [2.75, 3.05) is 6.54 Å². The fourth-order valence-corrected chi connectivity index (χ4v) is 5.98. The number of aryl methyl sites for hydroxylation is 2. The zero-order chi connectivity index (χ0) is 22.4. The highest BCUT2D eigenvalue weighted by atomic mass is 79.9. The summed E-state index contributed by atoms with van der Waals surface area (Å²) in [5.74, 6) is 0.399. The molecule has 2 heterocycles. The minimum absolute atomic E-state index is 0.00489. The number of hydrogen-bond donors (Lipinski definition) is 1. The molecule has 3 aromatic rings. The van der Waals surface area contributed by atoms with Crippen LogP contribution in [-0.2, 0) is 0 Å². The summed E-state index contributed by atoms with van der Waals surface area (Å²) in [5.41, 5.74) is 3.33. The third-order valence-corrected chi connectivity index (χ3v) is 7.76. The van der Waals surface area contributed by atoms with Gasteiger partial charge in [0, 0.05) is 22.6 Å².